The van der Waals surface area contributed by atoms with Gasteiger partial charge in [-0.2, -0.15) is 0 Å². The molecule has 0 radical (unpaired) electrons. The first-order valence-corrected chi connectivity index (χ1v) is 6.45. The van der Waals surface area contributed by atoms with Gasteiger partial charge in [0.15, 0.2) is 0 Å². The number of nitrogens with zero attached hydrogens (tertiary/aromatic N) is 2. The van der Waals surface area contributed by atoms with E-state index in [9.17, 15) is 9.90 Å². The van der Waals surface area contributed by atoms with Gasteiger partial charge < -0.3 is 15.4 Å². The maximum atomic E-state index is 11.2. The highest BCUT2D eigenvalue weighted by atomic mass is 16.4. The zero-order chi connectivity index (χ0) is 13.2. The molecule has 1 aliphatic heterocycles. The van der Waals surface area contributed by atoms with E-state index in [-0.39, 0.29) is 6.17 Å². The monoisotopic (exact) mass is 260 g/mol. The van der Waals surface area contributed by atoms with Crippen LogP contribution in [0.15, 0.2) is 24.3 Å². The number of piperidine rings is 1. The average molecular weight is 260 g/mol. The summed E-state index contributed by atoms with van der Waals surface area (Å²) in [4.78, 5) is 20.2. The van der Waals surface area contributed by atoms with Crippen molar-refractivity contribution in [2.45, 2.75) is 25.4 Å². The first kappa shape index (κ1) is 11.8. The fraction of sp³-hybridized carbons (Fsp3) is 0.385. The fourth-order valence-electron chi connectivity index (χ4n) is 2.49. The van der Waals surface area contributed by atoms with E-state index in [2.05, 4.69) is 15.3 Å². The molecule has 3 rings (SSSR count). The predicted molar refractivity (Wildman–Crippen MR) is 72.1 cm³/mol. The van der Waals surface area contributed by atoms with E-state index < -0.39 is 6.09 Å². The number of H-pyrrole nitrogens is 1. The standard InChI is InChI=1S/C13H16N4O2/c18-13(19)17-8-4-3-7-11(17)16-12-14-9-5-1-2-6-10(9)15-12/h1-2,5-6,11H,3-4,7-8H2,(H,18,19)(H2,14,15,16). The van der Waals surface area contributed by atoms with Crippen molar-refractivity contribution in [2.75, 3.05) is 11.9 Å². The van der Waals surface area contributed by atoms with Crippen LogP contribution in [-0.2, 0) is 0 Å². The number of aromatic amines is 1. The Morgan fingerprint density at radius 2 is 2.26 bits per heavy atom. The van der Waals surface area contributed by atoms with Gasteiger partial charge in [-0.05, 0) is 31.4 Å². The molecule has 2 heterocycles. The molecule has 1 aromatic carbocycles. The SMILES string of the molecule is O=C(O)N1CCCCC1Nc1nc2ccccc2[nH]1. The smallest absolute Gasteiger partial charge is 0.408 e. The summed E-state index contributed by atoms with van der Waals surface area (Å²) in [5.41, 5.74) is 1.82. The molecule has 1 aromatic heterocycles. The third-order valence-electron chi connectivity index (χ3n) is 3.44. The Hall–Kier alpha value is -2.24. The molecule has 2 aromatic rings. The van der Waals surface area contributed by atoms with Crippen LogP contribution in [0.4, 0.5) is 10.7 Å². The van der Waals surface area contributed by atoms with Gasteiger partial charge in [-0.25, -0.2) is 9.78 Å². The highest BCUT2D eigenvalue weighted by Gasteiger charge is 2.26. The molecule has 0 aliphatic carbocycles. The number of carbonyl (C=O) groups is 1. The van der Waals surface area contributed by atoms with Gasteiger partial charge in [0, 0.05) is 6.54 Å². The molecular weight excluding hydrogens is 244 g/mol. The molecule has 0 bridgehead atoms. The number of carboxylic acid groups (broad SMARTS) is 1. The quantitative estimate of drug-likeness (QED) is 0.774. The van der Waals surface area contributed by atoms with Gasteiger partial charge in [-0.3, -0.25) is 4.90 Å². The highest BCUT2D eigenvalue weighted by Crippen LogP contribution is 2.20. The summed E-state index contributed by atoms with van der Waals surface area (Å²) >= 11 is 0. The number of benzene rings is 1. The topological polar surface area (TPSA) is 81.2 Å². The summed E-state index contributed by atoms with van der Waals surface area (Å²) < 4.78 is 0. The van der Waals surface area contributed by atoms with Crippen molar-refractivity contribution in [3.8, 4) is 0 Å². The number of aromatic nitrogens is 2. The van der Waals surface area contributed by atoms with Crippen LogP contribution in [0, 0.1) is 0 Å². The number of amides is 1. The highest BCUT2D eigenvalue weighted by molar-refractivity contribution is 5.77. The van der Waals surface area contributed by atoms with Crippen LogP contribution in [-0.4, -0.2) is 38.8 Å². The summed E-state index contributed by atoms with van der Waals surface area (Å²) in [5, 5.41) is 12.4. The Bertz CT molecular complexity index is 562. The number of rotatable bonds is 2. The first-order chi connectivity index (χ1) is 9.24. The largest absolute Gasteiger partial charge is 0.465 e. The van der Waals surface area contributed by atoms with Crippen molar-refractivity contribution in [1.29, 1.82) is 0 Å². The molecule has 6 heteroatoms. The van der Waals surface area contributed by atoms with E-state index in [0.29, 0.717) is 12.5 Å². The molecule has 1 saturated heterocycles. The average Bonchev–Trinajstić information content (AvgIpc) is 2.81. The lowest BCUT2D eigenvalue weighted by Crippen LogP contribution is -2.47. The molecule has 6 nitrogen and oxygen atoms in total. The molecule has 1 amide bonds. The number of likely N-dealkylation sites (tertiary alicyclic amines) is 1. The van der Waals surface area contributed by atoms with Crippen LogP contribution < -0.4 is 5.32 Å². The van der Waals surface area contributed by atoms with Gasteiger partial charge in [-0.1, -0.05) is 12.1 Å². The van der Waals surface area contributed by atoms with Gasteiger partial charge in [0.1, 0.15) is 6.17 Å². The van der Waals surface area contributed by atoms with Gasteiger partial charge in [0.05, 0.1) is 11.0 Å². The molecule has 0 saturated carbocycles. The van der Waals surface area contributed by atoms with Gasteiger partial charge in [0.2, 0.25) is 5.95 Å². The number of nitrogens with one attached hydrogen (secondary N) is 2. The molecule has 100 valence electrons. The normalized spacial score (nSPS) is 19.6. The van der Waals surface area contributed by atoms with Crippen molar-refractivity contribution in [2.24, 2.45) is 0 Å². The number of imidazole rings is 1. The number of para-hydroxylation sites is 2. The van der Waals surface area contributed by atoms with E-state index >= 15 is 0 Å². The summed E-state index contributed by atoms with van der Waals surface area (Å²) in [5.74, 6) is 0.624. The minimum absolute atomic E-state index is 0.202. The predicted octanol–water partition coefficient (Wildman–Crippen LogP) is 2.46. The van der Waals surface area contributed by atoms with Gasteiger partial charge in [0.25, 0.3) is 0 Å². The molecule has 1 atom stereocenters. The van der Waals surface area contributed by atoms with Gasteiger partial charge in [-0.15, -0.1) is 0 Å². The lowest BCUT2D eigenvalue weighted by Gasteiger charge is -2.33. The zero-order valence-electron chi connectivity index (χ0n) is 10.5. The maximum absolute atomic E-state index is 11.2. The summed E-state index contributed by atoms with van der Waals surface area (Å²) in [6, 6.07) is 7.74. The third-order valence-corrected chi connectivity index (χ3v) is 3.44. The molecule has 19 heavy (non-hydrogen) atoms. The van der Waals surface area contributed by atoms with E-state index in [4.69, 9.17) is 0 Å². The number of anilines is 1. The summed E-state index contributed by atoms with van der Waals surface area (Å²) in [7, 11) is 0. The van der Waals surface area contributed by atoms with Crippen LogP contribution in [0.25, 0.3) is 11.0 Å². The second-order valence-corrected chi connectivity index (χ2v) is 4.73. The fourth-order valence-corrected chi connectivity index (χ4v) is 2.49. The Morgan fingerprint density at radius 3 is 3.05 bits per heavy atom. The Balaban J connectivity index is 1.80. The number of hydrogen-bond acceptors (Lipinski definition) is 3. The minimum atomic E-state index is -0.881. The van der Waals surface area contributed by atoms with Crippen LogP contribution >= 0.6 is 0 Å². The second kappa shape index (κ2) is 4.79. The van der Waals surface area contributed by atoms with E-state index in [0.717, 1.165) is 30.3 Å². The second-order valence-electron chi connectivity index (χ2n) is 4.73. The summed E-state index contributed by atoms with van der Waals surface area (Å²) in [6.07, 6.45) is 1.68. The van der Waals surface area contributed by atoms with Crippen LogP contribution in [0.3, 0.4) is 0 Å². The van der Waals surface area contributed by atoms with Crippen molar-refractivity contribution < 1.29 is 9.90 Å². The minimum Gasteiger partial charge on any atom is -0.465 e. The molecule has 1 aliphatic rings. The van der Waals surface area contributed by atoms with E-state index in [1.807, 2.05) is 24.3 Å². The van der Waals surface area contributed by atoms with E-state index in [1.165, 1.54) is 4.90 Å². The Kier molecular flexibility index (Phi) is 2.98. The summed E-state index contributed by atoms with van der Waals surface area (Å²) in [6.45, 7) is 0.577. The van der Waals surface area contributed by atoms with Crippen molar-refractivity contribution in [3.63, 3.8) is 0 Å². The molecule has 1 fully saturated rings. The van der Waals surface area contributed by atoms with Crippen LogP contribution in [0.5, 0.6) is 0 Å². The molecule has 0 spiro atoms. The zero-order valence-corrected chi connectivity index (χ0v) is 10.5. The third kappa shape index (κ3) is 2.33. The Morgan fingerprint density at radius 1 is 1.42 bits per heavy atom. The lowest BCUT2D eigenvalue weighted by molar-refractivity contribution is 0.114. The van der Waals surface area contributed by atoms with E-state index in [1.54, 1.807) is 0 Å². The maximum Gasteiger partial charge on any atom is 0.408 e. The first-order valence-electron chi connectivity index (χ1n) is 6.45. The van der Waals surface area contributed by atoms with Gasteiger partial charge >= 0.3 is 6.09 Å². The lowest BCUT2D eigenvalue weighted by atomic mass is 10.1. The van der Waals surface area contributed by atoms with Crippen molar-refractivity contribution in [3.05, 3.63) is 24.3 Å². The number of fused-ring (bicyclic) bond motifs is 1. The Labute approximate surface area is 110 Å². The molecule has 3 N–H and O–H groups in total. The van der Waals surface area contributed by atoms with Crippen molar-refractivity contribution in [1.82, 2.24) is 14.9 Å². The van der Waals surface area contributed by atoms with Crippen molar-refractivity contribution >= 4 is 23.1 Å². The van der Waals surface area contributed by atoms with Crippen LogP contribution in [0.1, 0.15) is 19.3 Å². The number of hydrogen-bond donors (Lipinski definition) is 3. The molecular formula is C13H16N4O2. The molecule has 1 unspecified atom stereocenters. The van der Waals surface area contributed by atoms with Crippen LogP contribution in [0.2, 0.25) is 0 Å².